The van der Waals surface area contributed by atoms with Crippen molar-refractivity contribution in [1.82, 2.24) is 5.32 Å². The van der Waals surface area contributed by atoms with Crippen molar-refractivity contribution in [3.63, 3.8) is 0 Å². The van der Waals surface area contributed by atoms with Gasteiger partial charge in [0.15, 0.2) is 0 Å². The largest absolute Gasteiger partial charge is 0.389 e. The number of hydrogen-bond acceptors (Lipinski definition) is 4. The molecular formula is C5H12N2O2. The number of β-amino-alcohol motifs (C(OH)–C–C–N with tert-alkyl or cyclic N) is 1. The van der Waals surface area contributed by atoms with E-state index in [-0.39, 0.29) is 6.04 Å². The van der Waals surface area contributed by atoms with Crippen LogP contribution >= 0.6 is 0 Å². The fraction of sp³-hybridized carbons (Fsp3) is 1.00. The van der Waals surface area contributed by atoms with Gasteiger partial charge in [-0.05, 0) is 0 Å². The lowest BCUT2D eigenvalue weighted by molar-refractivity contribution is 0.0421. The van der Waals surface area contributed by atoms with Crippen LogP contribution in [0.2, 0.25) is 0 Å². The van der Waals surface area contributed by atoms with Gasteiger partial charge in [0, 0.05) is 19.1 Å². The van der Waals surface area contributed by atoms with Crippen LogP contribution in [0.15, 0.2) is 0 Å². The molecule has 1 fully saturated rings. The maximum absolute atomic E-state index is 9.06. The Kier molecular flexibility index (Phi) is 2.02. The average molecular weight is 132 g/mol. The second-order valence-corrected chi connectivity index (χ2v) is 2.31. The normalized spacial score (nSPS) is 43.7. The molecule has 0 aromatic rings. The summed E-state index contributed by atoms with van der Waals surface area (Å²) in [6.45, 7) is 0.821. The molecule has 4 nitrogen and oxygen atoms in total. The molecule has 0 aliphatic carbocycles. The summed E-state index contributed by atoms with van der Waals surface area (Å²) >= 11 is 0. The Bertz CT molecular complexity index is 99.0. The quantitative estimate of drug-likeness (QED) is 0.322. The Morgan fingerprint density at radius 1 is 1.56 bits per heavy atom. The van der Waals surface area contributed by atoms with Crippen LogP contribution in [-0.2, 0) is 0 Å². The van der Waals surface area contributed by atoms with Gasteiger partial charge in [0.1, 0.15) is 0 Å². The number of nitrogens with one attached hydrogen (secondary N) is 1. The highest BCUT2D eigenvalue weighted by molar-refractivity contribution is 4.90. The molecule has 0 aromatic carbocycles. The molecule has 0 unspecified atom stereocenters. The lowest BCUT2D eigenvalue weighted by Crippen LogP contribution is -2.39. The third-order valence-corrected chi connectivity index (χ3v) is 1.65. The van der Waals surface area contributed by atoms with Gasteiger partial charge in [-0.15, -0.1) is 0 Å². The van der Waals surface area contributed by atoms with Crippen LogP contribution in [0.25, 0.3) is 0 Å². The van der Waals surface area contributed by atoms with Crippen molar-refractivity contribution in [1.29, 1.82) is 0 Å². The zero-order valence-corrected chi connectivity index (χ0v) is 5.12. The number of aliphatic hydroxyl groups excluding tert-OH is 2. The van der Waals surface area contributed by atoms with Gasteiger partial charge >= 0.3 is 0 Å². The first-order chi connectivity index (χ1) is 4.25. The van der Waals surface area contributed by atoms with Crippen LogP contribution in [0.1, 0.15) is 0 Å². The Morgan fingerprint density at radius 2 is 2.22 bits per heavy atom. The summed E-state index contributed by atoms with van der Waals surface area (Å²) in [4.78, 5) is 0. The predicted octanol–water partition coefficient (Wildman–Crippen LogP) is -2.36. The third kappa shape index (κ3) is 1.21. The molecule has 1 rings (SSSR count). The Hall–Kier alpha value is -0.160. The summed E-state index contributed by atoms with van der Waals surface area (Å²) in [5.41, 5.74) is 5.25. The summed E-state index contributed by atoms with van der Waals surface area (Å²) < 4.78 is 0. The molecule has 3 atom stereocenters. The zero-order chi connectivity index (χ0) is 6.85. The van der Waals surface area contributed by atoms with Gasteiger partial charge in [-0.1, -0.05) is 0 Å². The fourth-order valence-corrected chi connectivity index (χ4v) is 1.00. The highest BCUT2D eigenvalue weighted by atomic mass is 16.3. The van der Waals surface area contributed by atoms with E-state index in [1.165, 1.54) is 0 Å². The van der Waals surface area contributed by atoms with Crippen molar-refractivity contribution in [3.05, 3.63) is 0 Å². The molecule has 0 saturated carbocycles. The van der Waals surface area contributed by atoms with Crippen molar-refractivity contribution in [2.75, 3.05) is 13.1 Å². The molecule has 9 heavy (non-hydrogen) atoms. The van der Waals surface area contributed by atoms with E-state index in [2.05, 4.69) is 5.32 Å². The average Bonchev–Trinajstić information content (AvgIpc) is 2.15. The maximum atomic E-state index is 9.06. The van der Waals surface area contributed by atoms with Crippen molar-refractivity contribution in [3.8, 4) is 0 Å². The molecule has 1 aliphatic rings. The molecule has 54 valence electrons. The predicted molar refractivity (Wildman–Crippen MR) is 32.9 cm³/mol. The number of nitrogens with two attached hydrogens (primary N) is 1. The van der Waals surface area contributed by atoms with Crippen LogP contribution < -0.4 is 11.1 Å². The Labute approximate surface area is 53.7 Å². The molecule has 0 spiro atoms. The van der Waals surface area contributed by atoms with E-state index < -0.39 is 12.2 Å². The minimum Gasteiger partial charge on any atom is -0.389 e. The van der Waals surface area contributed by atoms with Gasteiger partial charge in [-0.2, -0.15) is 0 Å². The smallest absolute Gasteiger partial charge is 0.0976 e. The first-order valence-electron chi connectivity index (χ1n) is 3.05. The van der Waals surface area contributed by atoms with Crippen LogP contribution in [-0.4, -0.2) is 41.6 Å². The summed E-state index contributed by atoms with van der Waals surface area (Å²) in [5, 5.41) is 20.9. The van der Waals surface area contributed by atoms with Gasteiger partial charge in [-0.3, -0.25) is 0 Å². The molecule has 1 aliphatic heterocycles. The van der Waals surface area contributed by atoms with E-state index in [9.17, 15) is 0 Å². The van der Waals surface area contributed by atoms with Crippen molar-refractivity contribution in [2.45, 2.75) is 18.2 Å². The van der Waals surface area contributed by atoms with Gasteiger partial charge in [0.2, 0.25) is 0 Å². The van der Waals surface area contributed by atoms with Crippen molar-refractivity contribution in [2.24, 2.45) is 5.73 Å². The van der Waals surface area contributed by atoms with E-state index in [0.29, 0.717) is 13.1 Å². The van der Waals surface area contributed by atoms with Crippen molar-refractivity contribution >= 4 is 0 Å². The first-order valence-corrected chi connectivity index (χ1v) is 3.05. The van der Waals surface area contributed by atoms with Gasteiger partial charge in [0.05, 0.1) is 12.2 Å². The highest BCUT2D eigenvalue weighted by Gasteiger charge is 2.31. The second-order valence-electron chi connectivity index (χ2n) is 2.31. The molecule has 0 amide bonds. The van der Waals surface area contributed by atoms with Crippen LogP contribution in [0.3, 0.4) is 0 Å². The zero-order valence-electron chi connectivity index (χ0n) is 5.12. The highest BCUT2D eigenvalue weighted by Crippen LogP contribution is 2.05. The van der Waals surface area contributed by atoms with E-state index in [0.717, 1.165) is 0 Å². The maximum Gasteiger partial charge on any atom is 0.0976 e. The van der Waals surface area contributed by atoms with Crippen molar-refractivity contribution < 1.29 is 10.2 Å². The van der Waals surface area contributed by atoms with E-state index >= 15 is 0 Å². The second kappa shape index (κ2) is 2.62. The Morgan fingerprint density at radius 3 is 2.44 bits per heavy atom. The summed E-state index contributed by atoms with van der Waals surface area (Å²) in [5.74, 6) is 0. The monoisotopic (exact) mass is 132 g/mol. The lowest BCUT2D eigenvalue weighted by Gasteiger charge is -2.12. The summed E-state index contributed by atoms with van der Waals surface area (Å²) in [7, 11) is 0. The molecule has 1 saturated heterocycles. The van der Waals surface area contributed by atoms with Gasteiger partial charge in [-0.25, -0.2) is 0 Å². The molecule has 4 heteroatoms. The van der Waals surface area contributed by atoms with E-state index in [1.54, 1.807) is 0 Å². The molecule has 1 heterocycles. The summed E-state index contributed by atoms with van der Waals surface area (Å²) in [6.07, 6.45) is -1.33. The number of aliphatic hydroxyl groups is 2. The fourth-order valence-electron chi connectivity index (χ4n) is 1.00. The van der Waals surface area contributed by atoms with Crippen LogP contribution in [0.5, 0.6) is 0 Å². The van der Waals surface area contributed by atoms with Crippen LogP contribution in [0.4, 0.5) is 0 Å². The molecule has 0 aromatic heterocycles. The Balaban J connectivity index is 2.41. The minimum atomic E-state index is -0.685. The molecular weight excluding hydrogens is 120 g/mol. The minimum absolute atomic E-state index is 0.125. The summed E-state index contributed by atoms with van der Waals surface area (Å²) in [6, 6.07) is -0.125. The van der Waals surface area contributed by atoms with Crippen LogP contribution in [0, 0.1) is 0 Å². The third-order valence-electron chi connectivity index (χ3n) is 1.65. The first kappa shape index (κ1) is 6.95. The number of hydrogen-bond donors (Lipinski definition) is 4. The van der Waals surface area contributed by atoms with Gasteiger partial charge < -0.3 is 21.3 Å². The van der Waals surface area contributed by atoms with E-state index in [1.807, 2.05) is 0 Å². The molecule has 0 bridgehead atoms. The SMILES string of the molecule is NC[C@H]1NC[C@@H](O)[C@@H]1O. The molecule has 0 radical (unpaired) electrons. The molecule has 5 N–H and O–H groups in total. The van der Waals surface area contributed by atoms with Gasteiger partial charge in [0.25, 0.3) is 0 Å². The van der Waals surface area contributed by atoms with E-state index in [4.69, 9.17) is 15.9 Å². The topological polar surface area (TPSA) is 78.5 Å². The lowest BCUT2D eigenvalue weighted by atomic mass is 10.1. The number of rotatable bonds is 1. The standard InChI is InChI=1S/C5H12N2O2/c6-1-3-5(9)4(8)2-7-3/h3-5,7-9H,1-2,6H2/t3-,4-,5-/m1/s1.